The van der Waals surface area contributed by atoms with Crippen molar-refractivity contribution in [2.24, 2.45) is 37.9 Å². The zero-order chi connectivity index (χ0) is 58.1. The van der Waals surface area contributed by atoms with Gasteiger partial charge in [-0.3, -0.25) is 14.2 Å². The average Bonchev–Trinajstić information content (AvgIpc) is 3.78. The second-order valence-electron chi connectivity index (χ2n) is 26.8. The topological polar surface area (TPSA) is 308 Å². The van der Waals surface area contributed by atoms with Crippen LogP contribution in [0, 0.1) is 37.9 Å². The first-order chi connectivity index (χ1) is 31.6. The minimum absolute atomic E-state index is 0.0321. The highest BCUT2D eigenvalue weighted by Crippen LogP contribution is 2.41. The molecule has 0 saturated heterocycles. The Hall–Kier alpha value is -3.63. The zero-order valence-corrected chi connectivity index (χ0v) is 51.0. The third-order valence-electron chi connectivity index (χ3n) is 7.32. The molecule has 3 heterocycles. The molecular formula is C48H100BN12O9PS. The first kappa shape index (κ1) is 74.9. The molecule has 1 atom stereocenters. The van der Waals surface area contributed by atoms with E-state index in [0.717, 1.165) is 37.2 Å². The second-order valence-corrected chi connectivity index (χ2v) is 30.3. The fourth-order valence-electron chi connectivity index (χ4n) is 5.90. The molecule has 0 aromatic carbocycles. The van der Waals surface area contributed by atoms with E-state index < -0.39 is 17.4 Å². The largest absolute Gasteiger partial charge is 0.451 e. The van der Waals surface area contributed by atoms with Gasteiger partial charge in [0.05, 0.1) is 16.0 Å². The van der Waals surface area contributed by atoms with Gasteiger partial charge in [0.15, 0.2) is 29.0 Å². The number of Topliss-reactive ketones (excluding diaryl/α,β-unsaturated/α-hetero) is 3. The lowest BCUT2D eigenvalue weighted by atomic mass is 9.60. The maximum atomic E-state index is 10.9. The van der Waals surface area contributed by atoms with E-state index in [0.29, 0.717) is 12.2 Å². The predicted octanol–water partition coefficient (Wildman–Crippen LogP) is 8.58. The van der Waals surface area contributed by atoms with Crippen molar-refractivity contribution in [2.45, 2.75) is 218 Å². The van der Waals surface area contributed by atoms with Crippen LogP contribution in [-0.2, 0) is 61.1 Å². The monoisotopic (exact) mass is 1060 g/mol. The van der Waals surface area contributed by atoms with Crippen LogP contribution < -0.4 is 0 Å². The number of nitrogens with zero attached hydrogens (tertiary/aromatic N) is 11. The second kappa shape index (κ2) is 32.0. The summed E-state index contributed by atoms with van der Waals surface area (Å²) in [5, 5.41) is 45.5. The van der Waals surface area contributed by atoms with Crippen LogP contribution in [-0.4, -0.2) is 127 Å². The first-order valence-corrected chi connectivity index (χ1v) is 27.7. The molecule has 0 radical (unpaired) electrons. The van der Waals surface area contributed by atoms with Gasteiger partial charge in [-0.25, -0.2) is 8.89 Å². The van der Waals surface area contributed by atoms with E-state index in [1.165, 1.54) is 18.6 Å². The number of nitrogens with one attached hydrogen (secondary N) is 1. The summed E-state index contributed by atoms with van der Waals surface area (Å²) >= 11 is 0. The summed E-state index contributed by atoms with van der Waals surface area (Å²) in [6.07, 6.45) is 3.93. The minimum atomic E-state index is -3.79. The standard InChI is InChI=1S/2C9H16N4O.C7H14O.C6H15BO.C6H12N4.C6H14O2S.C5H13O3P/c1-7(14)6-13-8(10-11-12-13)5-9(2,3)4;1-7(14)6-13-11-8(10-12-13)5-9(2,3)4;1-6(8)5-7(2,3)4;1-6(2,3)5-7(4)8;1-6(2,3)4-5-7-9-10-8-5;1-6(2,3)5-9(4,7)8;1-5(2,3)4-9(6,7)8/h2*5-6H2,1-4H3;5H2,1-4H3;8H,5H2,1-4H3;4H2,1-3H3,(H,7,8,9,10);4-5H2,1-3H3,(H,7,8);4H2,1-3H3,(H2,6,7,8). The summed E-state index contributed by atoms with van der Waals surface area (Å²) in [6.45, 7) is 49.6. The van der Waals surface area contributed by atoms with Crippen LogP contribution in [0.25, 0.3) is 0 Å². The molecule has 1 unspecified atom stereocenters. The van der Waals surface area contributed by atoms with Crippen LogP contribution in [0.3, 0.4) is 0 Å². The van der Waals surface area contributed by atoms with Crippen LogP contribution in [0.2, 0.25) is 13.1 Å². The molecule has 0 aliphatic rings. The molecule has 0 fully saturated rings. The molecule has 72 heavy (non-hydrogen) atoms. The Kier molecular flexibility index (Phi) is 33.2. The van der Waals surface area contributed by atoms with Gasteiger partial charge in [-0.15, -0.1) is 25.5 Å². The van der Waals surface area contributed by atoms with Crippen molar-refractivity contribution in [1.29, 1.82) is 0 Å². The van der Waals surface area contributed by atoms with Crippen molar-refractivity contribution in [3.63, 3.8) is 0 Å². The van der Waals surface area contributed by atoms with Gasteiger partial charge in [0.25, 0.3) is 6.92 Å². The van der Waals surface area contributed by atoms with E-state index in [1.54, 1.807) is 32.4 Å². The highest BCUT2D eigenvalue weighted by Gasteiger charge is 2.23. The Balaban J connectivity index is -0.000000380. The van der Waals surface area contributed by atoms with Crippen molar-refractivity contribution in [1.82, 2.24) is 61.0 Å². The normalized spacial score (nSPS) is 12.9. The average molecular weight is 1060 g/mol. The number of tetrazole rings is 3. The fourth-order valence-corrected chi connectivity index (χ4v) is 8.49. The van der Waals surface area contributed by atoms with Crippen molar-refractivity contribution in [3.8, 4) is 0 Å². The Morgan fingerprint density at radius 3 is 1.35 bits per heavy atom. The predicted molar refractivity (Wildman–Crippen MR) is 292 cm³/mol. The van der Waals surface area contributed by atoms with Crippen molar-refractivity contribution < 1.29 is 42.5 Å². The molecular weight excluding hydrogens is 962 g/mol. The number of hydrogen-bond donors (Lipinski definition) is 5. The lowest BCUT2D eigenvalue weighted by molar-refractivity contribution is -0.119. The summed E-state index contributed by atoms with van der Waals surface area (Å²) in [5.74, 6) is 6.02. The molecule has 3 aromatic heterocycles. The van der Waals surface area contributed by atoms with Crippen LogP contribution in [0.15, 0.2) is 0 Å². The fraction of sp³-hybridized carbons (Fsp3) is 0.854. The molecule has 0 bridgehead atoms. The van der Waals surface area contributed by atoms with E-state index in [4.69, 9.17) is 19.4 Å². The number of ketones is 3. The zero-order valence-electron chi connectivity index (χ0n) is 49.3. The molecule has 0 amide bonds. The minimum Gasteiger partial charge on any atom is -0.451 e. The molecule has 0 aliphatic heterocycles. The summed E-state index contributed by atoms with van der Waals surface area (Å²) in [7, 11) is -6.57. The third-order valence-corrected chi connectivity index (χ3v) is 10.00. The molecule has 0 saturated carbocycles. The summed E-state index contributed by atoms with van der Waals surface area (Å²) < 4.78 is 31.3. The molecule has 0 aliphatic carbocycles. The van der Waals surface area contributed by atoms with Crippen LogP contribution in [0.5, 0.6) is 0 Å². The lowest BCUT2D eigenvalue weighted by Crippen LogP contribution is -2.19. The van der Waals surface area contributed by atoms with Crippen LogP contribution in [0.4, 0.5) is 0 Å². The van der Waals surface area contributed by atoms with Gasteiger partial charge in [-0.05, 0) is 86.5 Å². The van der Waals surface area contributed by atoms with Crippen LogP contribution >= 0.6 is 7.60 Å². The maximum Gasteiger partial charge on any atom is 0.326 e. The number of rotatable bonds is 11. The van der Waals surface area contributed by atoms with E-state index in [1.807, 2.05) is 27.6 Å². The van der Waals surface area contributed by atoms with Crippen molar-refractivity contribution in [2.75, 3.05) is 11.9 Å². The van der Waals surface area contributed by atoms with Gasteiger partial charge in [0.2, 0.25) is 0 Å². The number of aromatic nitrogens is 12. The smallest absolute Gasteiger partial charge is 0.326 e. The first-order valence-electron chi connectivity index (χ1n) is 24.1. The van der Waals surface area contributed by atoms with Gasteiger partial charge in [0, 0.05) is 31.4 Å². The van der Waals surface area contributed by atoms with Gasteiger partial charge in [0.1, 0.15) is 18.9 Å². The van der Waals surface area contributed by atoms with Gasteiger partial charge >= 0.3 is 7.60 Å². The Morgan fingerprint density at radius 1 is 0.639 bits per heavy atom. The van der Waals surface area contributed by atoms with Gasteiger partial charge in [-0.1, -0.05) is 157 Å². The van der Waals surface area contributed by atoms with Gasteiger partial charge < -0.3 is 24.2 Å². The van der Waals surface area contributed by atoms with E-state index in [9.17, 15) is 23.2 Å². The quantitative estimate of drug-likeness (QED) is 0.0682. The maximum absolute atomic E-state index is 10.9. The SMILES string of the molecule is C=S(=O)(O)CC(C)(C)C.CB(O)CC(C)(C)C.CC(=O)CC(C)(C)C.CC(=O)Cn1nnc(CC(C)(C)C)n1.CC(=O)Cn1nnnc1CC(C)(C)C.CC(C)(C)CP(=O)(O)O.CC(C)(C)Cc1nn[nH]n1. The highest BCUT2D eigenvalue weighted by atomic mass is 32.2. The number of carbonyl (C=O) groups is 3. The lowest BCUT2D eigenvalue weighted by Gasteiger charge is -2.17. The Bertz CT molecular complexity index is 2120. The number of carbonyl (C=O) groups excluding carboxylic acids is 3. The van der Waals surface area contributed by atoms with Gasteiger partial charge in [-0.2, -0.15) is 10.0 Å². The molecule has 420 valence electrons. The molecule has 3 aromatic rings. The Labute approximate surface area is 434 Å². The molecule has 3 rings (SSSR count). The molecule has 24 heteroatoms. The molecule has 5 N–H and O–H groups in total. The molecule has 0 spiro atoms. The van der Waals surface area contributed by atoms with Crippen molar-refractivity contribution in [3.05, 3.63) is 17.5 Å². The van der Waals surface area contributed by atoms with Crippen LogP contribution in [0.1, 0.15) is 190 Å². The third kappa shape index (κ3) is 62.5. The number of aromatic amines is 1. The number of H-pyrrole nitrogens is 1. The summed E-state index contributed by atoms with van der Waals surface area (Å²) in [6, 6.07) is 0. The summed E-state index contributed by atoms with van der Waals surface area (Å²) in [4.78, 5) is 50.4. The highest BCUT2D eigenvalue weighted by molar-refractivity contribution is 7.95. The van der Waals surface area contributed by atoms with E-state index in [-0.39, 0.29) is 87.2 Å². The van der Waals surface area contributed by atoms with E-state index in [2.05, 4.69) is 161 Å². The molecule has 21 nitrogen and oxygen atoms in total. The van der Waals surface area contributed by atoms with Crippen molar-refractivity contribution >= 4 is 47.5 Å². The number of hydrogen-bond acceptors (Lipinski definition) is 15. The Morgan fingerprint density at radius 2 is 1.10 bits per heavy atom. The van der Waals surface area contributed by atoms with E-state index >= 15 is 0 Å². The summed E-state index contributed by atoms with van der Waals surface area (Å²) in [5.41, 5.74) is 0.573.